The minimum atomic E-state index is 0.450. The summed E-state index contributed by atoms with van der Waals surface area (Å²) in [5.41, 5.74) is 8.29. The van der Waals surface area contributed by atoms with Crippen LogP contribution >= 0.6 is 23.8 Å². The maximum absolute atomic E-state index is 6.06. The summed E-state index contributed by atoms with van der Waals surface area (Å²) in [5.74, 6) is 0. The van der Waals surface area contributed by atoms with Crippen molar-refractivity contribution in [1.29, 1.82) is 0 Å². The maximum Gasteiger partial charge on any atom is 0.191 e. The molecule has 0 amide bonds. The minimum absolute atomic E-state index is 0.450. The molecule has 0 saturated heterocycles. The molecule has 138 valence electrons. The monoisotopic (exact) mass is 396 g/mol. The topological polar surface area (TPSA) is 41.4 Å². The van der Waals surface area contributed by atoms with E-state index in [9.17, 15) is 0 Å². The van der Waals surface area contributed by atoms with E-state index in [4.69, 9.17) is 23.8 Å². The third-order valence-corrected chi connectivity index (χ3v) is 4.53. The minimum Gasteiger partial charge on any atom is -0.342 e. The van der Waals surface area contributed by atoms with E-state index in [0.717, 1.165) is 34.1 Å². The van der Waals surface area contributed by atoms with Crippen LogP contribution in [-0.2, 0) is 6.54 Å². The van der Waals surface area contributed by atoms with Crippen LogP contribution in [0.25, 0.3) is 0 Å². The zero-order valence-electron chi connectivity index (χ0n) is 15.2. The molecule has 0 saturated carbocycles. The van der Waals surface area contributed by atoms with Gasteiger partial charge in [-0.15, -0.1) is 0 Å². The van der Waals surface area contributed by atoms with Crippen molar-refractivity contribution in [2.24, 2.45) is 5.10 Å². The van der Waals surface area contributed by atoms with Crippen molar-refractivity contribution in [3.63, 3.8) is 0 Å². The van der Waals surface area contributed by atoms with Gasteiger partial charge in [-0.1, -0.05) is 41.4 Å². The lowest BCUT2D eigenvalue weighted by molar-refractivity contribution is 0.799. The zero-order chi connectivity index (χ0) is 19.2. The Labute approximate surface area is 169 Å². The van der Waals surface area contributed by atoms with Crippen LogP contribution in [0, 0.1) is 13.8 Å². The Bertz CT molecular complexity index is 978. The molecule has 3 rings (SSSR count). The van der Waals surface area contributed by atoms with E-state index < -0.39 is 0 Å². The molecule has 6 heteroatoms. The molecule has 0 spiro atoms. The third-order valence-electron chi connectivity index (χ3n) is 4.10. The number of halogens is 1. The molecule has 0 radical (unpaired) electrons. The number of anilines is 1. The number of hydrogen-bond acceptors (Lipinski definition) is 2. The summed E-state index contributed by atoms with van der Waals surface area (Å²) in [6, 6.07) is 18.0. The van der Waals surface area contributed by atoms with Crippen molar-refractivity contribution in [1.82, 2.24) is 9.99 Å². The molecule has 0 atom stereocenters. The van der Waals surface area contributed by atoms with Gasteiger partial charge in [0.05, 0.1) is 11.9 Å². The molecule has 4 nitrogen and oxygen atoms in total. The first-order valence-electron chi connectivity index (χ1n) is 8.58. The Morgan fingerprint density at radius 1 is 1.15 bits per heavy atom. The molecule has 2 N–H and O–H groups in total. The van der Waals surface area contributed by atoms with E-state index >= 15 is 0 Å². The van der Waals surface area contributed by atoms with Gasteiger partial charge in [-0.05, 0) is 67.5 Å². The normalized spacial score (nSPS) is 10.9. The predicted octanol–water partition coefficient (Wildman–Crippen LogP) is 5.13. The van der Waals surface area contributed by atoms with Gasteiger partial charge in [-0.25, -0.2) is 0 Å². The molecule has 0 aliphatic heterocycles. The van der Waals surface area contributed by atoms with Gasteiger partial charge >= 0.3 is 0 Å². The zero-order valence-corrected chi connectivity index (χ0v) is 16.8. The molecule has 3 aromatic rings. The molecule has 0 aliphatic rings. The van der Waals surface area contributed by atoms with Crippen molar-refractivity contribution < 1.29 is 0 Å². The lowest BCUT2D eigenvalue weighted by atomic mass is 10.1. The molecule has 2 aromatic carbocycles. The van der Waals surface area contributed by atoms with Crippen LogP contribution < -0.4 is 10.7 Å². The first-order valence-corrected chi connectivity index (χ1v) is 9.37. The standard InChI is InChI=1S/C21H21ClN4S/c1-15-8-9-20(16(2)11-15)24-21(27)25-23-13-19-7-4-10-26(19)14-17-5-3-6-18(22)12-17/h3-13H,14H2,1-2H3,(H2,24,25,27)/b23-13+. The van der Waals surface area contributed by atoms with Crippen LogP contribution in [0.15, 0.2) is 65.9 Å². The van der Waals surface area contributed by atoms with Gasteiger partial charge in [0.25, 0.3) is 0 Å². The highest BCUT2D eigenvalue weighted by molar-refractivity contribution is 7.80. The van der Waals surface area contributed by atoms with E-state index in [1.165, 1.54) is 5.56 Å². The van der Waals surface area contributed by atoms with Crippen LogP contribution in [0.5, 0.6) is 0 Å². The van der Waals surface area contributed by atoms with Gasteiger partial charge in [-0.2, -0.15) is 5.10 Å². The Kier molecular flexibility index (Phi) is 6.27. The Morgan fingerprint density at radius 3 is 2.78 bits per heavy atom. The van der Waals surface area contributed by atoms with Crippen LogP contribution in [0.2, 0.25) is 5.02 Å². The molecule has 0 aliphatic carbocycles. The van der Waals surface area contributed by atoms with Crippen molar-refractivity contribution >= 4 is 40.8 Å². The number of hydrogen-bond donors (Lipinski definition) is 2. The number of aromatic nitrogens is 1. The van der Waals surface area contributed by atoms with E-state index in [1.807, 2.05) is 61.7 Å². The van der Waals surface area contributed by atoms with Crippen molar-refractivity contribution in [3.8, 4) is 0 Å². The summed E-state index contributed by atoms with van der Waals surface area (Å²) >= 11 is 11.4. The first-order chi connectivity index (χ1) is 13.0. The lowest BCUT2D eigenvalue weighted by Crippen LogP contribution is -2.24. The molecule has 1 heterocycles. The molecule has 0 fully saturated rings. The first kappa shape index (κ1) is 19.1. The van der Waals surface area contributed by atoms with E-state index in [0.29, 0.717) is 5.11 Å². The molecule has 0 bridgehead atoms. The number of thiocarbonyl (C=S) groups is 1. The van der Waals surface area contributed by atoms with Gasteiger partial charge < -0.3 is 9.88 Å². The second kappa shape index (κ2) is 8.84. The highest BCUT2D eigenvalue weighted by atomic mass is 35.5. The van der Waals surface area contributed by atoms with E-state index in [2.05, 4.69) is 33.4 Å². The molecular weight excluding hydrogens is 376 g/mol. The summed E-state index contributed by atoms with van der Waals surface area (Å²) in [7, 11) is 0. The van der Waals surface area contributed by atoms with Gasteiger partial charge in [0.2, 0.25) is 0 Å². The van der Waals surface area contributed by atoms with Crippen molar-refractivity contribution in [3.05, 3.63) is 88.2 Å². The molecule has 0 unspecified atom stereocenters. The van der Waals surface area contributed by atoms with Crippen molar-refractivity contribution in [2.75, 3.05) is 5.32 Å². The Morgan fingerprint density at radius 2 is 2.00 bits per heavy atom. The average molecular weight is 397 g/mol. The van der Waals surface area contributed by atoms with Crippen LogP contribution in [0.4, 0.5) is 5.69 Å². The SMILES string of the molecule is Cc1ccc(NC(=S)N/N=C/c2cccn2Cc2cccc(Cl)c2)c(C)c1. The van der Waals surface area contributed by atoms with Crippen LogP contribution in [0.3, 0.4) is 0 Å². The number of hydrazone groups is 1. The Balaban J connectivity index is 1.60. The fourth-order valence-electron chi connectivity index (χ4n) is 2.78. The predicted molar refractivity (Wildman–Crippen MR) is 118 cm³/mol. The summed E-state index contributed by atoms with van der Waals surface area (Å²) in [6.45, 7) is 4.83. The summed E-state index contributed by atoms with van der Waals surface area (Å²) in [5, 5.41) is 8.60. The number of benzene rings is 2. The summed E-state index contributed by atoms with van der Waals surface area (Å²) in [6.07, 6.45) is 3.76. The number of nitrogens with one attached hydrogen (secondary N) is 2. The smallest absolute Gasteiger partial charge is 0.191 e. The summed E-state index contributed by atoms with van der Waals surface area (Å²) in [4.78, 5) is 0. The van der Waals surface area contributed by atoms with Crippen LogP contribution in [-0.4, -0.2) is 15.9 Å². The molecule has 27 heavy (non-hydrogen) atoms. The largest absolute Gasteiger partial charge is 0.342 e. The van der Waals surface area contributed by atoms with Gasteiger partial charge in [0.1, 0.15) is 0 Å². The summed E-state index contributed by atoms with van der Waals surface area (Å²) < 4.78 is 2.09. The fraction of sp³-hybridized carbons (Fsp3) is 0.143. The highest BCUT2D eigenvalue weighted by Gasteiger charge is 2.02. The average Bonchev–Trinajstić information content (AvgIpc) is 3.04. The van der Waals surface area contributed by atoms with Crippen LogP contribution in [0.1, 0.15) is 22.4 Å². The number of aryl methyl sites for hydroxylation is 2. The number of nitrogens with zero attached hydrogens (tertiary/aromatic N) is 2. The Hall–Kier alpha value is -2.63. The molecule has 1 aromatic heterocycles. The fourth-order valence-corrected chi connectivity index (χ4v) is 3.16. The highest BCUT2D eigenvalue weighted by Crippen LogP contribution is 2.16. The van der Waals surface area contributed by atoms with Gasteiger partial charge in [0.15, 0.2) is 5.11 Å². The maximum atomic E-state index is 6.06. The second-order valence-electron chi connectivity index (χ2n) is 6.33. The van der Waals surface area contributed by atoms with Gasteiger partial charge in [-0.3, -0.25) is 5.43 Å². The van der Waals surface area contributed by atoms with E-state index in [-0.39, 0.29) is 0 Å². The quantitative estimate of drug-likeness (QED) is 0.357. The third kappa shape index (κ3) is 5.42. The van der Waals surface area contributed by atoms with E-state index in [1.54, 1.807) is 6.21 Å². The van der Waals surface area contributed by atoms with Gasteiger partial charge in [0, 0.05) is 23.5 Å². The number of rotatable bonds is 5. The second-order valence-corrected chi connectivity index (χ2v) is 7.18. The van der Waals surface area contributed by atoms with Crippen molar-refractivity contribution in [2.45, 2.75) is 20.4 Å². The lowest BCUT2D eigenvalue weighted by Gasteiger charge is -2.10. The molecular formula is C21H21ClN4S.